The second-order valence-corrected chi connectivity index (χ2v) is 3.59. The van der Waals surface area contributed by atoms with Crippen LogP contribution in [0.4, 0.5) is 5.69 Å². The summed E-state index contributed by atoms with van der Waals surface area (Å²) in [4.78, 5) is 3.91. The molecule has 1 atom stereocenters. The van der Waals surface area contributed by atoms with Crippen LogP contribution in [0.1, 0.15) is 12.6 Å². The van der Waals surface area contributed by atoms with Gasteiger partial charge in [-0.3, -0.25) is 0 Å². The largest absolute Gasteiger partial charge is 0.385 e. The third-order valence-electron chi connectivity index (χ3n) is 2.08. The van der Waals surface area contributed by atoms with Gasteiger partial charge in [-0.15, -0.1) is 0 Å². The van der Waals surface area contributed by atoms with Gasteiger partial charge in [-0.25, -0.2) is 4.98 Å². The molecule has 80 valence electrons. The first kappa shape index (κ1) is 11.5. The minimum Gasteiger partial charge on any atom is -0.385 e. The van der Waals surface area contributed by atoms with E-state index in [-0.39, 0.29) is 0 Å². The second kappa shape index (κ2) is 5.99. The second-order valence-electron chi connectivity index (χ2n) is 3.59. The summed E-state index contributed by atoms with van der Waals surface area (Å²) < 4.78 is 0. The molecule has 0 bridgehead atoms. The third-order valence-corrected chi connectivity index (χ3v) is 2.08. The molecule has 0 aliphatic heterocycles. The summed E-state index contributed by atoms with van der Waals surface area (Å²) in [5.74, 6) is 0.550. The topological polar surface area (TPSA) is 60.7 Å². The van der Waals surface area contributed by atoms with Gasteiger partial charge in [0.25, 0.3) is 0 Å². The molecule has 0 radical (unpaired) electrons. The summed E-state index contributed by atoms with van der Waals surface area (Å²) in [6, 6.07) is 5.64. The molecule has 1 unspecified atom stereocenters. The van der Waals surface area contributed by atoms with Gasteiger partial charge in [0, 0.05) is 18.4 Å². The van der Waals surface area contributed by atoms with Crippen molar-refractivity contribution in [1.82, 2.24) is 10.3 Å². The van der Waals surface area contributed by atoms with E-state index in [1.807, 2.05) is 19.2 Å². The standard InChI is InChI=1S/C11H16N4/c1-9(7-13-2)8-15-10-3-4-14-11(5-10)6-12/h3-5,9,13H,7-8H2,1-2H3,(H,14,15). The number of pyridine rings is 1. The first-order valence-corrected chi connectivity index (χ1v) is 5.01. The van der Waals surface area contributed by atoms with Gasteiger partial charge in [0.05, 0.1) is 0 Å². The van der Waals surface area contributed by atoms with E-state index in [0.29, 0.717) is 11.6 Å². The van der Waals surface area contributed by atoms with Crippen LogP contribution in [-0.2, 0) is 0 Å². The fraction of sp³-hybridized carbons (Fsp3) is 0.455. The van der Waals surface area contributed by atoms with Gasteiger partial charge in [-0.2, -0.15) is 5.26 Å². The summed E-state index contributed by atoms with van der Waals surface area (Å²) in [6.45, 7) is 4.02. The van der Waals surface area contributed by atoms with E-state index in [1.54, 1.807) is 12.3 Å². The Morgan fingerprint density at radius 1 is 1.53 bits per heavy atom. The zero-order valence-electron chi connectivity index (χ0n) is 9.12. The lowest BCUT2D eigenvalue weighted by molar-refractivity contribution is 0.569. The number of hydrogen-bond donors (Lipinski definition) is 2. The van der Waals surface area contributed by atoms with Gasteiger partial charge >= 0.3 is 0 Å². The quantitative estimate of drug-likeness (QED) is 0.757. The van der Waals surface area contributed by atoms with Gasteiger partial charge in [0.15, 0.2) is 0 Å². The highest BCUT2D eigenvalue weighted by Gasteiger charge is 2.00. The molecule has 1 aromatic rings. The summed E-state index contributed by atoms with van der Waals surface area (Å²) in [5.41, 5.74) is 1.39. The molecular weight excluding hydrogens is 188 g/mol. The van der Waals surface area contributed by atoms with Gasteiger partial charge in [0.1, 0.15) is 11.8 Å². The fourth-order valence-electron chi connectivity index (χ4n) is 1.31. The first-order chi connectivity index (χ1) is 7.26. The number of hydrogen-bond acceptors (Lipinski definition) is 4. The minimum absolute atomic E-state index is 0.446. The molecule has 0 aliphatic rings. The van der Waals surface area contributed by atoms with Crippen molar-refractivity contribution in [2.75, 3.05) is 25.5 Å². The normalized spacial score (nSPS) is 11.8. The maximum atomic E-state index is 8.67. The van der Waals surface area contributed by atoms with Crippen LogP contribution in [0, 0.1) is 17.2 Å². The molecule has 0 fully saturated rings. The number of nitrogens with zero attached hydrogens (tertiary/aromatic N) is 2. The van der Waals surface area contributed by atoms with Crippen molar-refractivity contribution in [2.24, 2.45) is 5.92 Å². The van der Waals surface area contributed by atoms with E-state index in [4.69, 9.17) is 5.26 Å². The van der Waals surface area contributed by atoms with Gasteiger partial charge in [-0.05, 0) is 31.6 Å². The average molecular weight is 204 g/mol. The Balaban J connectivity index is 2.47. The van der Waals surface area contributed by atoms with Crippen LogP contribution in [0.2, 0.25) is 0 Å². The Kier molecular flexibility index (Phi) is 4.58. The number of anilines is 1. The number of rotatable bonds is 5. The fourth-order valence-corrected chi connectivity index (χ4v) is 1.31. The van der Waals surface area contributed by atoms with Crippen molar-refractivity contribution in [3.05, 3.63) is 24.0 Å². The minimum atomic E-state index is 0.446. The number of nitrogens with one attached hydrogen (secondary N) is 2. The van der Waals surface area contributed by atoms with Crippen LogP contribution < -0.4 is 10.6 Å². The molecular formula is C11H16N4. The average Bonchev–Trinajstić information content (AvgIpc) is 2.27. The van der Waals surface area contributed by atoms with Crippen LogP contribution in [0.25, 0.3) is 0 Å². The predicted molar refractivity (Wildman–Crippen MR) is 60.5 cm³/mol. The molecule has 15 heavy (non-hydrogen) atoms. The van der Waals surface area contributed by atoms with Gasteiger partial charge in [-0.1, -0.05) is 6.92 Å². The zero-order valence-corrected chi connectivity index (χ0v) is 9.12. The third kappa shape index (κ3) is 3.96. The van der Waals surface area contributed by atoms with Crippen molar-refractivity contribution >= 4 is 5.69 Å². The van der Waals surface area contributed by atoms with Crippen LogP contribution in [0.3, 0.4) is 0 Å². The van der Waals surface area contributed by atoms with Gasteiger partial charge < -0.3 is 10.6 Å². The Bertz CT molecular complexity index is 343. The van der Waals surface area contributed by atoms with Crippen molar-refractivity contribution in [2.45, 2.75) is 6.92 Å². The molecule has 0 aliphatic carbocycles. The Hall–Kier alpha value is -1.60. The van der Waals surface area contributed by atoms with E-state index in [2.05, 4.69) is 22.5 Å². The lowest BCUT2D eigenvalue weighted by Crippen LogP contribution is -2.22. The molecule has 0 spiro atoms. The van der Waals surface area contributed by atoms with Crippen LogP contribution in [0.15, 0.2) is 18.3 Å². The van der Waals surface area contributed by atoms with Crippen LogP contribution in [0.5, 0.6) is 0 Å². The van der Waals surface area contributed by atoms with Crippen molar-refractivity contribution in [3.8, 4) is 6.07 Å². The lowest BCUT2D eigenvalue weighted by Gasteiger charge is -2.12. The molecule has 0 aromatic carbocycles. The molecule has 4 nitrogen and oxygen atoms in total. The smallest absolute Gasteiger partial charge is 0.142 e. The Morgan fingerprint density at radius 2 is 2.33 bits per heavy atom. The van der Waals surface area contributed by atoms with Crippen LogP contribution in [-0.4, -0.2) is 25.1 Å². The van der Waals surface area contributed by atoms with E-state index in [0.717, 1.165) is 18.8 Å². The Labute approximate surface area is 90.3 Å². The van der Waals surface area contributed by atoms with Crippen LogP contribution >= 0.6 is 0 Å². The summed E-state index contributed by atoms with van der Waals surface area (Å²) in [7, 11) is 1.94. The highest BCUT2D eigenvalue weighted by atomic mass is 14.9. The summed E-state index contributed by atoms with van der Waals surface area (Å²) >= 11 is 0. The predicted octanol–water partition coefficient (Wildman–Crippen LogP) is 1.22. The first-order valence-electron chi connectivity index (χ1n) is 5.01. The van der Waals surface area contributed by atoms with E-state index < -0.39 is 0 Å². The van der Waals surface area contributed by atoms with Crippen molar-refractivity contribution in [1.29, 1.82) is 5.26 Å². The maximum Gasteiger partial charge on any atom is 0.142 e. The number of aromatic nitrogens is 1. The monoisotopic (exact) mass is 204 g/mol. The van der Waals surface area contributed by atoms with Crippen molar-refractivity contribution in [3.63, 3.8) is 0 Å². The molecule has 1 heterocycles. The van der Waals surface area contributed by atoms with E-state index in [9.17, 15) is 0 Å². The number of nitriles is 1. The highest BCUT2D eigenvalue weighted by molar-refractivity contribution is 5.45. The molecule has 4 heteroatoms. The maximum absolute atomic E-state index is 8.67. The van der Waals surface area contributed by atoms with Gasteiger partial charge in [0.2, 0.25) is 0 Å². The highest BCUT2D eigenvalue weighted by Crippen LogP contribution is 2.07. The van der Waals surface area contributed by atoms with Crippen molar-refractivity contribution < 1.29 is 0 Å². The molecule has 1 aromatic heterocycles. The summed E-state index contributed by atoms with van der Waals surface area (Å²) in [5, 5.41) is 15.1. The zero-order chi connectivity index (χ0) is 11.1. The summed E-state index contributed by atoms with van der Waals surface area (Å²) in [6.07, 6.45) is 1.64. The van der Waals surface area contributed by atoms with E-state index in [1.165, 1.54) is 0 Å². The SMILES string of the molecule is CNCC(C)CNc1ccnc(C#N)c1. The Morgan fingerprint density at radius 3 is 3.00 bits per heavy atom. The van der Waals surface area contributed by atoms with E-state index >= 15 is 0 Å². The molecule has 0 saturated carbocycles. The molecule has 1 rings (SSSR count). The molecule has 2 N–H and O–H groups in total. The molecule has 0 amide bonds. The molecule has 0 saturated heterocycles. The lowest BCUT2D eigenvalue weighted by atomic mass is 10.2.